The number of anilines is 1. The summed E-state index contributed by atoms with van der Waals surface area (Å²) in [4.78, 5) is 12.5. The van der Waals surface area contributed by atoms with Gasteiger partial charge >= 0.3 is 0 Å². The Morgan fingerprint density at radius 3 is 2.59 bits per heavy atom. The molecule has 4 aromatic rings. The number of amides is 1. The molecule has 2 aromatic heterocycles. The maximum Gasteiger partial charge on any atom is 0.292 e. The highest BCUT2D eigenvalue weighted by Gasteiger charge is 2.15. The van der Waals surface area contributed by atoms with E-state index < -0.39 is 5.91 Å². The number of hydrogen-bond donors (Lipinski definition) is 1. The van der Waals surface area contributed by atoms with E-state index in [4.69, 9.17) is 44.0 Å². The predicted octanol–water partition coefficient (Wildman–Crippen LogP) is 6.46. The summed E-state index contributed by atoms with van der Waals surface area (Å²) in [7, 11) is 0. The lowest BCUT2D eigenvalue weighted by Crippen LogP contribution is -2.12. The first-order valence-electron chi connectivity index (χ1n) is 9.33. The number of hydrogen-bond acceptors (Lipinski definition) is 4. The van der Waals surface area contributed by atoms with E-state index in [1.165, 1.54) is 28.9 Å². The molecule has 0 spiro atoms. The van der Waals surface area contributed by atoms with E-state index in [0.717, 1.165) is 0 Å². The molecule has 1 N–H and O–H groups in total. The molecule has 10 heteroatoms. The normalized spacial score (nSPS) is 10.9. The lowest BCUT2D eigenvalue weighted by Gasteiger charge is -2.09. The van der Waals surface area contributed by atoms with Gasteiger partial charge in [-0.2, -0.15) is 5.10 Å². The molecule has 0 radical (unpaired) electrons. The SMILES string of the molecule is O=C(Nc1ccn(Cc2ccccc2F)n1)c1ccc(COc2c(Cl)cc(Cl)cc2Cl)o1. The van der Waals surface area contributed by atoms with E-state index in [0.29, 0.717) is 22.2 Å². The van der Waals surface area contributed by atoms with Crippen LogP contribution < -0.4 is 10.1 Å². The van der Waals surface area contributed by atoms with Crippen molar-refractivity contribution in [2.75, 3.05) is 5.32 Å². The Bertz CT molecular complexity index is 1250. The number of carbonyl (C=O) groups is 1. The van der Waals surface area contributed by atoms with Crippen LogP contribution in [0.1, 0.15) is 21.9 Å². The number of carbonyl (C=O) groups excluding carboxylic acids is 1. The third-order valence-corrected chi connectivity index (χ3v) is 5.16. The van der Waals surface area contributed by atoms with Crippen LogP contribution in [-0.2, 0) is 13.2 Å². The summed E-state index contributed by atoms with van der Waals surface area (Å²) in [6.07, 6.45) is 1.64. The van der Waals surface area contributed by atoms with Gasteiger partial charge < -0.3 is 14.5 Å². The van der Waals surface area contributed by atoms with Crippen molar-refractivity contribution in [3.63, 3.8) is 0 Å². The summed E-state index contributed by atoms with van der Waals surface area (Å²) in [5.41, 5.74) is 0.491. The van der Waals surface area contributed by atoms with Crippen LogP contribution in [0.4, 0.5) is 10.2 Å². The van der Waals surface area contributed by atoms with Gasteiger partial charge in [0.15, 0.2) is 17.3 Å². The first-order chi connectivity index (χ1) is 15.4. The van der Waals surface area contributed by atoms with Crippen LogP contribution in [0.25, 0.3) is 0 Å². The topological polar surface area (TPSA) is 69.3 Å². The van der Waals surface area contributed by atoms with Gasteiger partial charge in [0.1, 0.15) is 18.2 Å². The second-order valence-electron chi connectivity index (χ2n) is 6.70. The molecule has 0 aliphatic heterocycles. The number of benzene rings is 2. The van der Waals surface area contributed by atoms with E-state index in [9.17, 15) is 9.18 Å². The average Bonchev–Trinajstić information content (AvgIpc) is 3.38. The zero-order valence-corrected chi connectivity index (χ0v) is 18.6. The van der Waals surface area contributed by atoms with Gasteiger partial charge in [-0.05, 0) is 30.3 Å². The van der Waals surface area contributed by atoms with Gasteiger partial charge in [-0.15, -0.1) is 0 Å². The lowest BCUT2D eigenvalue weighted by atomic mass is 10.2. The van der Waals surface area contributed by atoms with Gasteiger partial charge in [0.05, 0.1) is 16.6 Å². The van der Waals surface area contributed by atoms with Gasteiger partial charge in [0.2, 0.25) is 0 Å². The number of aromatic nitrogens is 2. The molecule has 164 valence electrons. The molecular formula is C22H15Cl3FN3O3. The van der Waals surface area contributed by atoms with Crippen molar-refractivity contribution >= 4 is 46.5 Å². The second kappa shape index (κ2) is 9.65. The summed E-state index contributed by atoms with van der Waals surface area (Å²) in [5, 5.41) is 7.78. The van der Waals surface area contributed by atoms with E-state index >= 15 is 0 Å². The van der Waals surface area contributed by atoms with E-state index in [1.54, 1.807) is 36.5 Å². The second-order valence-corrected chi connectivity index (χ2v) is 7.95. The largest absolute Gasteiger partial charge is 0.483 e. The number of nitrogens with zero attached hydrogens (tertiary/aromatic N) is 2. The van der Waals surface area contributed by atoms with Crippen molar-refractivity contribution in [3.8, 4) is 5.75 Å². The van der Waals surface area contributed by atoms with Gasteiger partial charge in [-0.3, -0.25) is 9.48 Å². The highest BCUT2D eigenvalue weighted by molar-refractivity contribution is 6.40. The lowest BCUT2D eigenvalue weighted by molar-refractivity contribution is 0.0992. The van der Waals surface area contributed by atoms with Crippen LogP contribution in [0.15, 0.2) is 65.2 Å². The van der Waals surface area contributed by atoms with Crippen LogP contribution in [0.2, 0.25) is 15.1 Å². The molecule has 0 aliphatic carbocycles. The van der Waals surface area contributed by atoms with Gasteiger partial charge in [-0.25, -0.2) is 4.39 Å². The summed E-state index contributed by atoms with van der Waals surface area (Å²) >= 11 is 18.1. The van der Waals surface area contributed by atoms with Crippen molar-refractivity contribution in [2.24, 2.45) is 0 Å². The zero-order chi connectivity index (χ0) is 22.7. The van der Waals surface area contributed by atoms with Crippen LogP contribution in [0.3, 0.4) is 0 Å². The fraction of sp³-hybridized carbons (Fsp3) is 0.0909. The third kappa shape index (κ3) is 5.24. The molecule has 2 heterocycles. The van der Waals surface area contributed by atoms with Crippen LogP contribution in [-0.4, -0.2) is 15.7 Å². The molecule has 0 atom stereocenters. The van der Waals surface area contributed by atoms with Crippen molar-refractivity contribution in [2.45, 2.75) is 13.2 Å². The Labute approximate surface area is 197 Å². The maximum atomic E-state index is 13.8. The summed E-state index contributed by atoms with van der Waals surface area (Å²) in [5.74, 6) is 0.221. The zero-order valence-electron chi connectivity index (χ0n) is 16.3. The van der Waals surface area contributed by atoms with Gasteiger partial charge in [0, 0.05) is 22.8 Å². The van der Waals surface area contributed by atoms with Crippen LogP contribution in [0.5, 0.6) is 5.75 Å². The van der Waals surface area contributed by atoms with Crippen molar-refractivity contribution in [1.82, 2.24) is 9.78 Å². The predicted molar refractivity (Wildman–Crippen MR) is 120 cm³/mol. The highest BCUT2D eigenvalue weighted by Crippen LogP contribution is 2.36. The average molecular weight is 495 g/mol. The molecular weight excluding hydrogens is 480 g/mol. The smallest absolute Gasteiger partial charge is 0.292 e. The fourth-order valence-electron chi connectivity index (χ4n) is 2.88. The third-order valence-electron chi connectivity index (χ3n) is 4.38. The quantitative estimate of drug-likeness (QED) is 0.320. The Kier molecular flexibility index (Phi) is 6.69. The molecule has 0 bridgehead atoms. The number of halogens is 4. The minimum Gasteiger partial charge on any atom is -0.483 e. The van der Waals surface area contributed by atoms with E-state index in [2.05, 4.69) is 10.4 Å². The van der Waals surface area contributed by atoms with Crippen molar-refractivity contribution in [3.05, 3.63) is 98.8 Å². The maximum absolute atomic E-state index is 13.8. The number of ether oxygens (including phenoxy) is 1. The number of rotatable bonds is 7. The number of furan rings is 1. The summed E-state index contributed by atoms with van der Waals surface area (Å²) in [6.45, 7) is 0.242. The molecule has 0 aliphatic rings. The van der Waals surface area contributed by atoms with Gasteiger partial charge in [0.25, 0.3) is 5.91 Å². The monoisotopic (exact) mass is 493 g/mol. The molecule has 0 unspecified atom stereocenters. The minimum absolute atomic E-state index is 0.00557. The standard InChI is InChI=1S/C22H15Cl3FN3O3/c23-14-9-16(24)21(17(25)10-14)31-12-15-5-6-19(32-15)22(30)27-20-7-8-29(28-20)11-13-3-1-2-4-18(13)26/h1-10H,11-12H2,(H,27,28,30). The van der Waals surface area contributed by atoms with Gasteiger partial charge in [-0.1, -0.05) is 53.0 Å². The molecule has 1 amide bonds. The Morgan fingerprint density at radius 2 is 1.84 bits per heavy atom. The van der Waals surface area contributed by atoms with E-state index in [1.807, 2.05) is 0 Å². The fourth-order valence-corrected chi connectivity index (χ4v) is 3.81. The van der Waals surface area contributed by atoms with E-state index in [-0.39, 0.29) is 40.5 Å². The molecule has 6 nitrogen and oxygen atoms in total. The Morgan fingerprint density at radius 1 is 1.09 bits per heavy atom. The number of nitrogens with one attached hydrogen (secondary N) is 1. The minimum atomic E-state index is -0.491. The first kappa shape index (κ1) is 22.2. The molecule has 2 aromatic carbocycles. The summed E-state index contributed by atoms with van der Waals surface area (Å²) < 4.78 is 26.4. The van der Waals surface area contributed by atoms with Crippen molar-refractivity contribution in [1.29, 1.82) is 0 Å². The summed E-state index contributed by atoms with van der Waals surface area (Å²) in [6, 6.07) is 14.2. The first-order valence-corrected chi connectivity index (χ1v) is 10.5. The molecule has 0 fully saturated rings. The Hall–Kier alpha value is -3.00. The Balaban J connectivity index is 1.36. The molecule has 4 rings (SSSR count). The highest BCUT2D eigenvalue weighted by atomic mass is 35.5. The molecule has 32 heavy (non-hydrogen) atoms. The van der Waals surface area contributed by atoms with Crippen LogP contribution >= 0.6 is 34.8 Å². The molecule has 0 saturated heterocycles. The van der Waals surface area contributed by atoms with Crippen LogP contribution in [0, 0.1) is 5.82 Å². The molecule has 0 saturated carbocycles. The van der Waals surface area contributed by atoms with Crippen molar-refractivity contribution < 1.29 is 18.3 Å².